The summed E-state index contributed by atoms with van der Waals surface area (Å²) in [6, 6.07) is 62.2. The van der Waals surface area contributed by atoms with E-state index in [0.29, 0.717) is 5.89 Å². The van der Waals surface area contributed by atoms with Gasteiger partial charge in [-0.1, -0.05) is 149 Å². The van der Waals surface area contributed by atoms with E-state index in [1.807, 2.05) is 18.2 Å². The first-order valence-electron chi connectivity index (χ1n) is 20.3. The summed E-state index contributed by atoms with van der Waals surface area (Å²) in [6.45, 7) is 9.45. The third-order valence-corrected chi connectivity index (χ3v) is 13.3. The molecular weight excluding hydrogens is 705 g/mol. The maximum absolute atomic E-state index is 6.60. The van der Waals surface area contributed by atoms with Crippen LogP contribution in [0.15, 0.2) is 174 Å². The third kappa shape index (κ3) is 4.53. The molecule has 0 saturated heterocycles. The molecule has 2 aliphatic carbocycles. The van der Waals surface area contributed by atoms with E-state index in [9.17, 15) is 0 Å². The molecule has 12 rings (SSSR count). The summed E-state index contributed by atoms with van der Waals surface area (Å²) < 4.78 is 6.60. The maximum atomic E-state index is 6.60. The highest BCUT2D eigenvalue weighted by Crippen LogP contribution is 2.53. The van der Waals surface area contributed by atoms with Crippen molar-refractivity contribution in [1.82, 2.24) is 4.98 Å². The average Bonchev–Trinajstić information content (AvgIpc) is 3.88. The van der Waals surface area contributed by atoms with Crippen LogP contribution in [0.25, 0.3) is 77.1 Å². The van der Waals surface area contributed by atoms with Crippen molar-refractivity contribution in [2.24, 2.45) is 0 Å². The van der Waals surface area contributed by atoms with Gasteiger partial charge in [0.15, 0.2) is 5.58 Å². The van der Waals surface area contributed by atoms with Crippen LogP contribution >= 0.6 is 0 Å². The Labute approximate surface area is 337 Å². The number of aromatic nitrogens is 1. The van der Waals surface area contributed by atoms with Crippen LogP contribution in [-0.2, 0) is 10.8 Å². The Morgan fingerprint density at radius 1 is 0.431 bits per heavy atom. The number of anilines is 3. The zero-order valence-electron chi connectivity index (χ0n) is 33.0. The molecule has 0 unspecified atom stereocenters. The van der Waals surface area contributed by atoms with Crippen molar-refractivity contribution in [3.63, 3.8) is 0 Å². The van der Waals surface area contributed by atoms with Gasteiger partial charge in [-0.15, -0.1) is 0 Å². The SMILES string of the molecule is CC1(C)c2ccccc2-c2ccc(N(c3ccc4c(c3)C(C)(C)c3ccccc3-4)c3ccc4ccc5c6nc(-c7ccccc7)oc6c6ccccc6c5c4c3)cc21. The van der Waals surface area contributed by atoms with Crippen LogP contribution in [0.5, 0.6) is 0 Å². The second-order valence-corrected chi connectivity index (χ2v) is 17.1. The Morgan fingerprint density at radius 3 is 1.60 bits per heavy atom. The smallest absolute Gasteiger partial charge is 0.227 e. The predicted molar refractivity (Wildman–Crippen MR) is 242 cm³/mol. The van der Waals surface area contributed by atoms with Gasteiger partial charge < -0.3 is 9.32 Å². The minimum absolute atomic E-state index is 0.130. The van der Waals surface area contributed by atoms with Crippen molar-refractivity contribution in [3.8, 4) is 33.7 Å². The Kier molecular flexibility index (Phi) is 6.74. The molecule has 0 bridgehead atoms. The van der Waals surface area contributed by atoms with Crippen LogP contribution in [0, 0.1) is 0 Å². The summed E-state index contributed by atoms with van der Waals surface area (Å²) >= 11 is 0. The highest BCUT2D eigenvalue weighted by molar-refractivity contribution is 6.30. The summed E-state index contributed by atoms with van der Waals surface area (Å²) in [5.74, 6) is 0.636. The van der Waals surface area contributed by atoms with Gasteiger partial charge in [-0.05, 0) is 115 Å². The van der Waals surface area contributed by atoms with Crippen LogP contribution in [0.4, 0.5) is 17.1 Å². The second-order valence-electron chi connectivity index (χ2n) is 17.1. The van der Waals surface area contributed by atoms with E-state index in [4.69, 9.17) is 9.40 Å². The van der Waals surface area contributed by atoms with E-state index in [0.717, 1.165) is 49.9 Å². The molecule has 58 heavy (non-hydrogen) atoms. The fourth-order valence-corrected chi connectivity index (χ4v) is 10.3. The van der Waals surface area contributed by atoms with E-state index < -0.39 is 0 Å². The lowest BCUT2D eigenvalue weighted by molar-refractivity contribution is 0.623. The molecule has 0 saturated carbocycles. The third-order valence-electron chi connectivity index (χ3n) is 13.3. The molecule has 9 aromatic carbocycles. The van der Waals surface area contributed by atoms with Gasteiger partial charge in [-0.2, -0.15) is 0 Å². The molecule has 0 fully saturated rings. The van der Waals surface area contributed by atoms with Gasteiger partial charge in [0, 0.05) is 44.2 Å². The fraction of sp³-hybridized carbons (Fsp3) is 0.109. The summed E-state index contributed by atoms with van der Waals surface area (Å²) in [7, 11) is 0. The van der Waals surface area contributed by atoms with Crippen molar-refractivity contribution in [2.45, 2.75) is 38.5 Å². The molecule has 0 spiro atoms. The van der Waals surface area contributed by atoms with E-state index in [1.165, 1.54) is 60.7 Å². The number of hydrogen-bond acceptors (Lipinski definition) is 3. The normalized spacial score (nSPS) is 14.5. The van der Waals surface area contributed by atoms with Gasteiger partial charge in [0.05, 0.1) is 0 Å². The van der Waals surface area contributed by atoms with Crippen LogP contribution in [0.2, 0.25) is 0 Å². The Balaban J connectivity index is 1.12. The number of rotatable bonds is 4. The first-order chi connectivity index (χ1) is 28.3. The largest absolute Gasteiger partial charge is 0.435 e. The van der Waals surface area contributed by atoms with E-state index in [1.54, 1.807) is 0 Å². The van der Waals surface area contributed by atoms with Gasteiger partial charge in [0.1, 0.15) is 5.52 Å². The molecule has 2 aliphatic rings. The molecule has 0 radical (unpaired) electrons. The van der Waals surface area contributed by atoms with E-state index in [2.05, 4.69) is 184 Å². The van der Waals surface area contributed by atoms with Gasteiger partial charge in [0.2, 0.25) is 5.89 Å². The fourth-order valence-electron chi connectivity index (χ4n) is 10.3. The maximum Gasteiger partial charge on any atom is 0.227 e. The lowest BCUT2D eigenvalue weighted by Crippen LogP contribution is -2.18. The molecule has 10 aromatic rings. The average molecular weight is 745 g/mol. The standard InChI is InChI=1S/C55H40N2O/c1-54(2)46-20-12-10-16-38(46)40-28-25-36(31-48(40)54)57(37-26-29-41-39-17-11-13-21-47(39)55(3,4)49(41)32-37)35-24-22-33-23-27-44-50(45(33)30-35)42-18-8-9-19-43(42)52-51(44)56-53(58-52)34-14-6-5-7-15-34/h5-32H,1-4H3. The molecule has 1 heterocycles. The Hall–Kier alpha value is -6.97. The lowest BCUT2D eigenvalue weighted by Gasteiger charge is -2.30. The summed E-state index contributed by atoms with van der Waals surface area (Å²) in [4.78, 5) is 7.65. The number of benzene rings is 9. The van der Waals surface area contributed by atoms with Crippen LogP contribution in [0.1, 0.15) is 49.9 Å². The van der Waals surface area contributed by atoms with Crippen LogP contribution in [0.3, 0.4) is 0 Å². The van der Waals surface area contributed by atoms with Crippen molar-refractivity contribution >= 4 is 60.5 Å². The van der Waals surface area contributed by atoms with Crippen molar-refractivity contribution < 1.29 is 4.42 Å². The summed E-state index contributed by atoms with van der Waals surface area (Å²) in [6.07, 6.45) is 0. The first kappa shape index (κ1) is 33.2. The minimum atomic E-state index is -0.130. The second kappa shape index (κ2) is 11.8. The molecule has 276 valence electrons. The van der Waals surface area contributed by atoms with E-state index in [-0.39, 0.29) is 10.8 Å². The molecule has 1 aromatic heterocycles. The topological polar surface area (TPSA) is 29.3 Å². The zero-order chi connectivity index (χ0) is 38.9. The number of oxazole rings is 1. The molecule has 3 nitrogen and oxygen atoms in total. The molecule has 0 N–H and O–H groups in total. The lowest BCUT2D eigenvalue weighted by atomic mass is 9.82. The van der Waals surface area contributed by atoms with Gasteiger partial charge in [-0.25, -0.2) is 4.98 Å². The summed E-state index contributed by atoms with van der Waals surface area (Å²) in [5, 5.41) is 6.87. The molecule has 0 aliphatic heterocycles. The zero-order valence-corrected chi connectivity index (χ0v) is 33.0. The summed E-state index contributed by atoms with van der Waals surface area (Å²) in [5.41, 5.74) is 16.6. The van der Waals surface area contributed by atoms with Gasteiger partial charge in [-0.3, -0.25) is 0 Å². The quantitative estimate of drug-likeness (QED) is 0.168. The first-order valence-corrected chi connectivity index (χ1v) is 20.3. The number of hydrogen-bond donors (Lipinski definition) is 0. The van der Waals surface area contributed by atoms with Crippen molar-refractivity contribution in [2.75, 3.05) is 4.90 Å². The van der Waals surface area contributed by atoms with Crippen LogP contribution in [-0.4, -0.2) is 4.98 Å². The predicted octanol–water partition coefficient (Wildman–Crippen LogP) is 15.0. The Morgan fingerprint density at radius 2 is 0.948 bits per heavy atom. The molecular formula is C55H40N2O. The molecule has 0 amide bonds. The number of fused-ring (bicyclic) bond motifs is 14. The van der Waals surface area contributed by atoms with Gasteiger partial charge in [0.25, 0.3) is 0 Å². The molecule has 0 atom stereocenters. The number of nitrogens with zero attached hydrogens (tertiary/aromatic N) is 2. The molecule has 3 heteroatoms. The minimum Gasteiger partial charge on any atom is -0.435 e. The van der Waals surface area contributed by atoms with E-state index >= 15 is 0 Å². The Bertz CT molecular complexity index is 3240. The highest BCUT2D eigenvalue weighted by Gasteiger charge is 2.37. The van der Waals surface area contributed by atoms with Crippen molar-refractivity contribution in [3.05, 3.63) is 192 Å². The van der Waals surface area contributed by atoms with Gasteiger partial charge >= 0.3 is 0 Å². The van der Waals surface area contributed by atoms with Crippen LogP contribution < -0.4 is 4.90 Å². The highest BCUT2D eigenvalue weighted by atomic mass is 16.3. The van der Waals surface area contributed by atoms with Crippen molar-refractivity contribution in [1.29, 1.82) is 0 Å². The monoisotopic (exact) mass is 744 g/mol.